The third kappa shape index (κ3) is 0.315. The number of halogens is 1. The number of rotatable bonds is 2. The van der Waals surface area contributed by atoms with Gasteiger partial charge < -0.3 is 5.11 Å². The first kappa shape index (κ1) is 5.98. The minimum Gasteiger partial charge on any atom is -0.481 e. The third-order valence-corrected chi connectivity index (χ3v) is 4.23. The number of aliphatic carboxylic acids is 1. The van der Waals surface area contributed by atoms with Crippen molar-refractivity contribution in [1.29, 1.82) is 0 Å². The van der Waals surface area contributed by atoms with Crippen LogP contribution in [0.1, 0.15) is 19.3 Å². The zero-order valence-corrected chi connectivity index (χ0v) is 6.06. The summed E-state index contributed by atoms with van der Waals surface area (Å²) in [7, 11) is 0. The zero-order valence-electron chi connectivity index (χ0n) is 6.06. The molecule has 60 valence electrons. The molecule has 11 heavy (non-hydrogen) atoms. The van der Waals surface area contributed by atoms with E-state index in [1.165, 1.54) is 0 Å². The molecular formula is C8H9FO2. The topological polar surface area (TPSA) is 37.3 Å². The van der Waals surface area contributed by atoms with Crippen molar-refractivity contribution >= 4 is 5.97 Å². The molecule has 0 aromatic heterocycles. The molecule has 0 heterocycles. The van der Waals surface area contributed by atoms with Gasteiger partial charge in [-0.05, 0) is 24.7 Å². The van der Waals surface area contributed by atoms with Crippen LogP contribution in [-0.2, 0) is 4.79 Å². The molecule has 1 spiro atoms. The maximum Gasteiger partial charge on any atom is 0.310 e. The molecular weight excluding hydrogens is 147 g/mol. The molecule has 3 unspecified atom stereocenters. The van der Waals surface area contributed by atoms with Crippen LogP contribution in [0.15, 0.2) is 0 Å². The van der Waals surface area contributed by atoms with Gasteiger partial charge in [0, 0.05) is 5.41 Å². The second-order valence-electron chi connectivity index (χ2n) is 4.41. The Hall–Kier alpha value is -0.600. The van der Waals surface area contributed by atoms with Crippen molar-refractivity contribution in [3.05, 3.63) is 0 Å². The van der Waals surface area contributed by atoms with Gasteiger partial charge in [0.15, 0.2) is 0 Å². The van der Waals surface area contributed by atoms with Gasteiger partial charge in [-0.3, -0.25) is 9.18 Å². The molecule has 0 amide bonds. The Morgan fingerprint density at radius 1 is 1.45 bits per heavy atom. The van der Waals surface area contributed by atoms with Crippen molar-refractivity contribution in [2.45, 2.75) is 19.3 Å². The molecule has 3 atom stereocenters. The van der Waals surface area contributed by atoms with Crippen LogP contribution in [0, 0.1) is 16.2 Å². The van der Waals surface area contributed by atoms with Gasteiger partial charge in [-0.25, -0.2) is 0 Å². The highest BCUT2D eigenvalue weighted by molar-refractivity contribution is 5.85. The molecule has 3 aliphatic rings. The van der Waals surface area contributed by atoms with E-state index in [9.17, 15) is 9.18 Å². The summed E-state index contributed by atoms with van der Waals surface area (Å²) in [5, 5.41) is 8.81. The standard InChI is InChI=1S/C8H9FO2/c9-4-6-1-7(5(10)11)3-8(6,7)2-6/h1-4H2,(H,10,11). The second-order valence-corrected chi connectivity index (χ2v) is 4.41. The average Bonchev–Trinajstić information content (AvgIpc) is 2.72. The highest BCUT2D eigenvalue weighted by Crippen LogP contribution is 3.00. The largest absolute Gasteiger partial charge is 0.481 e. The number of carbonyl (C=O) groups is 1. The van der Waals surface area contributed by atoms with Crippen molar-refractivity contribution in [2.75, 3.05) is 6.67 Å². The van der Waals surface area contributed by atoms with E-state index < -0.39 is 11.4 Å². The van der Waals surface area contributed by atoms with Crippen LogP contribution < -0.4 is 0 Å². The quantitative estimate of drug-likeness (QED) is 0.652. The fourth-order valence-electron chi connectivity index (χ4n) is 3.44. The van der Waals surface area contributed by atoms with Crippen molar-refractivity contribution in [3.8, 4) is 0 Å². The first-order valence-electron chi connectivity index (χ1n) is 3.92. The number of alkyl halides is 1. The summed E-state index contributed by atoms with van der Waals surface area (Å²) < 4.78 is 12.4. The zero-order chi connectivity index (χ0) is 7.91. The molecule has 2 nitrogen and oxygen atoms in total. The van der Waals surface area contributed by atoms with Crippen LogP contribution in [0.2, 0.25) is 0 Å². The third-order valence-electron chi connectivity index (χ3n) is 4.23. The van der Waals surface area contributed by atoms with Gasteiger partial charge in [0.2, 0.25) is 0 Å². The van der Waals surface area contributed by atoms with E-state index in [4.69, 9.17) is 5.11 Å². The molecule has 3 rings (SSSR count). The van der Waals surface area contributed by atoms with E-state index >= 15 is 0 Å². The predicted molar refractivity (Wildman–Crippen MR) is 34.8 cm³/mol. The van der Waals surface area contributed by atoms with Gasteiger partial charge >= 0.3 is 5.97 Å². The van der Waals surface area contributed by atoms with Crippen LogP contribution >= 0.6 is 0 Å². The monoisotopic (exact) mass is 156 g/mol. The van der Waals surface area contributed by atoms with Crippen molar-refractivity contribution in [2.24, 2.45) is 16.2 Å². The van der Waals surface area contributed by atoms with Crippen LogP contribution in [0.5, 0.6) is 0 Å². The first-order chi connectivity index (χ1) is 5.13. The minimum atomic E-state index is -0.695. The Balaban J connectivity index is 1.93. The molecule has 3 heteroatoms. The molecule has 0 bridgehead atoms. The van der Waals surface area contributed by atoms with E-state index in [-0.39, 0.29) is 17.5 Å². The molecule has 0 aliphatic heterocycles. The van der Waals surface area contributed by atoms with Gasteiger partial charge in [0.25, 0.3) is 0 Å². The maximum atomic E-state index is 12.4. The molecule has 1 N–H and O–H groups in total. The van der Waals surface area contributed by atoms with Gasteiger partial charge in [-0.2, -0.15) is 0 Å². The summed E-state index contributed by atoms with van der Waals surface area (Å²) in [6, 6.07) is 0. The lowest BCUT2D eigenvalue weighted by Crippen LogP contribution is -2.34. The van der Waals surface area contributed by atoms with Crippen molar-refractivity contribution in [1.82, 2.24) is 0 Å². The number of carboxylic acids is 1. The Kier molecular flexibility index (Phi) is 0.605. The Morgan fingerprint density at radius 2 is 2.18 bits per heavy atom. The van der Waals surface area contributed by atoms with Crippen LogP contribution in [-0.4, -0.2) is 17.8 Å². The number of hydrogen-bond acceptors (Lipinski definition) is 1. The highest BCUT2D eigenvalue weighted by atomic mass is 19.1. The Bertz CT molecular complexity index is 277. The smallest absolute Gasteiger partial charge is 0.310 e. The highest BCUT2D eigenvalue weighted by Gasteiger charge is 2.99. The van der Waals surface area contributed by atoms with E-state index in [1.54, 1.807) is 0 Å². The van der Waals surface area contributed by atoms with E-state index in [0.717, 1.165) is 12.8 Å². The van der Waals surface area contributed by atoms with E-state index in [0.29, 0.717) is 6.42 Å². The molecule has 0 aromatic rings. The predicted octanol–water partition coefficient (Wildman–Crippen LogP) is 1.21. The van der Waals surface area contributed by atoms with Gasteiger partial charge in [0.05, 0.1) is 12.1 Å². The van der Waals surface area contributed by atoms with Gasteiger partial charge in [0.1, 0.15) is 0 Å². The number of carboxylic acid groups (broad SMARTS) is 1. The summed E-state index contributed by atoms with van der Waals surface area (Å²) in [5.74, 6) is -0.695. The molecule has 3 saturated carbocycles. The Labute approximate surface area is 63.4 Å². The normalized spacial score (nSPS) is 62.3. The van der Waals surface area contributed by atoms with Crippen molar-refractivity contribution in [3.63, 3.8) is 0 Å². The van der Waals surface area contributed by atoms with Crippen LogP contribution in [0.25, 0.3) is 0 Å². The van der Waals surface area contributed by atoms with Crippen LogP contribution in [0.4, 0.5) is 4.39 Å². The lowest BCUT2D eigenvalue weighted by atomic mass is 9.75. The lowest BCUT2D eigenvalue weighted by Gasteiger charge is -2.28. The fourth-order valence-corrected chi connectivity index (χ4v) is 3.44. The summed E-state index contributed by atoms with van der Waals surface area (Å²) in [6.45, 7) is -0.304. The fraction of sp³-hybridized carbons (Fsp3) is 0.875. The molecule has 0 radical (unpaired) electrons. The summed E-state index contributed by atoms with van der Waals surface area (Å²) in [5.41, 5.74) is -0.676. The number of hydrogen-bond donors (Lipinski definition) is 1. The molecule has 3 aliphatic carbocycles. The summed E-state index contributed by atoms with van der Waals surface area (Å²) in [6.07, 6.45) is 2.19. The maximum absolute atomic E-state index is 12.4. The summed E-state index contributed by atoms with van der Waals surface area (Å²) in [4.78, 5) is 10.7. The second kappa shape index (κ2) is 1.11. The van der Waals surface area contributed by atoms with Crippen molar-refractivity contribution < 1.29 is 14.3 Å². The SMILES string of the molecule is O=C(O)C12CC3(CF)CC31C2. The van der Waals surface area contributed by atoms with E-state index in [2.05, 4.69) is 0 Å². The molecule has 0 aromatic carbocycles. The first-order valence-corrected chi connectivity index (χ1v) is 3.92. The minimum absolute atomic E-state index is 0.0550. The van der Waals surface area contributed by atoms with Gasteiger partial charge in [-0.15, -0.1) is 0 Å². The van der Waals surface area contributed by atoms with E-state index in [1.807, 2.05) is 0 Å². The molecule has 0 saturated heterocycles. The summed E-state index contributed by atoms with van der Waals surface area (Å²) >= 11 is 0. The average molecular weight is 156 g/mol. The molecule has 3 fully saturated rings. The lowest BCUT2D eigenvalue weighted by molar-refractivity contribution is -0.148. The van der Waals surface area contributed by atoms with Gasteiger partial charge in [-0.1, -0.05) is 0 Å². The van der Waals surface area contributed by atoms with Crippen LogP contribution in [0.3, 0.4) is 0 Å². The Morgan fingerprint density at radius 3 is 2.45 bits per heavy atom.